The molecule has 1 aliphatic rings. The van der Waals surface area contributed by atoms with Crippen LogP contribution < -0.4 is 5.32 Å². The zero-order valence-corrected chi connectivity index (χ0v) is 12.8. The van der Waals surface area contributed by atoms with Crippen molar-refractivity contribution in [2.24, 2.45) is 0 Å². The normalized spacial score (nSPS) is 24.6. The minimum Gasteiger partial charge on any atom is -0.311 e. The first-order chi connectivity index (χ1) is 8.87. The van der Waals surface area contributed by atoms with Crippen LogP contribution in [0.1, 0.15) is 40.0 Å². The second-order valence-corrected chi connectivity index (χ2v) is 6.32. The van der Waals surface area contributed by atoms with Gasteiger partial charge in [-0.25, -0.2) is 0 Å². The van der Waals surface area contributed by atoms with Crippen molar-refractivity contribution < 1.29 is 13.2 Å². The van der Waals surface area contributed by atoms with Gasteiger partial charge >= 0.3 is 5.51 Å². The van der Waals surface area contributed by atoms with Crippen molar-refractivity contribution in [2.45, 2.75) is 57.1 Å². The molecule has 0 amide bonds. The molecule has 1 saturated heterocycles. The van der Waals surface area contributed by atoms with Gasteiger partial charge in [0.1, 0.15) is 0 Å². The van der Waals surface area contributed by atoms with Gasteiger partial charge in [-0.2, -0.15) is 13.2 Å². The van der Waals surface area contributed by atoms with Crippen LogP contribution in [0.15, 0.2) is 0 Å². The predicted molar refractivity (Wildman–Crippen MR) is 75.5 cm³/mol. The van der Waals surface area contributed by atoms with Crippen LogP contribution in [0.25, 0.3) is 0 Å². The number of halogens is 3. The van der Waals surface area contributed by atoms with Crippen LogP contribution in [0.5, 0.6) is 0 Å². The Bertz CT molecular complexity index is 267. The first kappa shape index (κ1) is 17.1. The monoisotopic (exact) mass is 298 g/mol. The van der Waals surface area contributed by atoms with E-state index in [1.165, 1.54) is 0 Å². The topological polar surface area (TPSA) is 15.3 Å². The summed E-state index contributed by atoms with van der Waals surface area (Å²) >= 11 is 0.0957. The maximum absolute atomic E-state index is 12.2. The number of thioether (sulfide) groups is 1. The van der Waals surface area contributed by atoms with E-state index in [-0.39, 0.29) is 23.1 Å². The maximum Gasteiger partial charge on any atom is 0.441 e. The molecule has 1 N–H and O–H groups in total. The Morgan fingerprint density at radius 2 is 1.89 bits per heavy atom. The number of nitrogens with one attached hydrogen (secondary N) is 1. The molecule has 0 bridgehead atoms. The molecule has 1 aliphatic heterocycles. The van der Waals surface area contributed by atoms with E-state index >= 15 is 0 Å². The van der Waals surface area contributed by atoms with Crippen LogP contribution in [-0.2, 0) is 0 Å². The number of alkyl halides is 3. The molecular formula is C13H25F3N2S. The number of hydrogen-bond acceptors (Lipinski definition) is 3. The van der Waals surface area contributed by atoms with E-state index in [4.69, 9.17) is 0 Å². The fraction of sp³-hybridized carbons (Fsp3) is 1.00. The molecule has 114 valence electrons. The quantitative estimate of drug-likeness (QED) is 0.808. The van der Waals surface area contributed by atoms with Gasteiger partial charge in [-0.15, -0.1) is 0 Å². The average Bonchev–Trinajstić information content (AvgIpc) is 2.37. The molecule has 0 aromatic heterocycles. The molecule has 0 saturated carbocycles. The Labute approximate surface area is 118 Å². The summed E-state index contributed by atoms with van der Waals surface area (Å²) in [4.78, 5) is 2.27. The standard InChI is InChI=1S/C13H25F3N2S/c1-4-11-9-18(7-8-19-13(14,15)16)12(5-2,6-3)10-17-11/h11,17H,4-10H2,1-3H3. The molecular weight excluding hydrogens is 273 g/mol. The smallest absolute Gasteiger partial charge is 0.311 e. The average molecular weight is 298 g/mol. The lowest BCUT2D eigenvalue weighted by Gasteiger charge is -2.49. The highest BCUT2D eigenvalue weighted by atomic mass is 32.2. The third kappa shape index (κ3) is 4.83. The zero-order valence-electron chi connectivity index (χ0n) is 12.0. The highest BCUT2D eigenvalue weighted by molar-refractivity contribution is 8.00. The fourth-order valence-corrected chi connectivity index (χ4v) is 3.33. The Hall–Kier alpha value is 0.0600. The van der Waals surface area contributed by atoms with Crippen LogP contribution in [0, 0.1) is 0 Å². The van der Waals surface area contributed by atoms with Crippen LogP contribution >= 0.6 is 11.8 Å². The van der Waals surface area contributed by atoms with Gasteiger partial charge in [0, 0.05) is 37.0 Å². The Morgan fingerprint density at radius 1 is 1.26 bits per heavy atom. The van der Waals surface area contributed by atoms with Crippen LogP contribution in [0.3, 0.4) is 0 Å². The predicted octanol–water partition coefficient (Wildman–Crippen LogP) is 3.48. The SMILES string of the molecule is CCC1CN(CCSC(F)(F)F)C(CC)(CC)CN1. The van der Waals surface area contributed by atoms with Gasteiger partial charge < -0.3 is 5.32 Å². The summed E-state index contributed by atoms with van der Waals surface area (Å²) in [5.41, 5.74) is -4.09. The molecule has 0 aromatic rings. The summed E-state index contributed by atoms with van der Waals surface area (Å²) < 4.78 is 36.7. The van der Waals surface area contributed by atoms with E-state index in [1.54, 1.807) is 0 Å². The highest BCUT2D eigenvalue weighted by Crippen LogP contribution is 2.32. The molecule has 1 unspecified atom stereocenters. The lowest BCUT2D eigenvalue weighted by Crippen LogP contribution is -2.64. The summed E-state index contributed by atoms with van der Waals surface area (Å²) in [7, 11) is 0. The fourth-order valence-electron chi connectivity index (χ4n) is 2.79. The van der Waals surface area contributed by atoms with E-state index in [2.05, 4.69) is 31.0 Å². The molecule has 1 rings (SSSR count). The van der Waals surface area contributed by atoms with Crippen LogP contribution in [-0.4, -0.2) is 47.4 Å². The molecule has 0 aliphatic carbocycles. The number of hydrogen-bond donors (Lipinski definition) is 1. The number of piperazine rings is 1. The van der Waals surface area contributed by atoms with Gasteiger partial charge in [-0.3, -0.25) is 4.90 Å². The van der Waals surface area contributed by atoms with Crippen LogP contribution in [0.4, 0.5) is 13.2 Å². The third-order valence-corrected chi connectivity index (χ3v) is 4.98. The Kier molecular flexibility index (Phi) is 6.47. The molecule has 1 fully saturated rings. The molecule has 0 aromatic carbocycles. The minimum atomic E-state index is -4.11. The maximum atomic E-state index is 12.2. The first-order valence-corrected chi connectivity index (χ1v) is 8.04. The van der Waals surface area contributed by atoms with Gasteiger partial charge in [0.15, 0.2) is 0 Å². The van der Waals surface area contributed by atoms with E-state index in [1.807, 2.05) is 0 Å². The number of rotatable bonds is 6. The van der Waals surface area contributed by atoms with Crippen molar-refractivity contribution in [3.8, 4) is 0 Å². The summed E-state index contributed by atoms with van der Waals surface area (Å²) in [5.74, 6) is 0.127. The van der Waals surface area contributed by atoms with Crippen molar-refractivity contribution in [1.82, 2.24) is 10.2 Å². The zero-order chi connectivity index (χ0) is 14.5. The summed E-state index contributed by atoms with van der Waals surface area (Å²) in [6, 6.07) is 0.405. The highest BCUT2D eigenvalue weighted by Gasteiger charge is 2.38. The van der Waals surface area contributed by atoms with Gasteiger partial charge in [-0.1, -0.05) is 20.8 Å². The van der Waals surface area contributed by atoms with Crippen molar-refractivity contribution in [3.63, 3.8) is 0 Å². The molecule has 6 heteroatoms. The molecule has 0 spiro atoms. The number of nitrogens with zero attached hydrogens (tertiary/aromatic N) is 1. The van der Waals surface area contributed by atoms with E-state index < -0.39 is 5.51 Å². The minimum absolute atomic E-state index is 0.0256. The van der Waals surface area contributed by atoms with Gasteiger partial charge in [-0.05, 0) is 31.0 Å². The van der Waals surface area contributed by atoms with Crippen LogP contribution in [0.2, 0.25) is 0 Å². The molecule has 0 radical (unpaired) electrons. The van der Waals surface area contributed by atoms with Crippen molar-refractivity contribution >= 4 is 11.8 Å². The van der Waals surface area contributed by atoms with Gasteiger partial charge in [0.25, 0.3) is 0 Å². The van der Waals surface area contributed by atoms with E-state index in [9.17, 15) is 13.2 Å². The Morgan fingerprint density at radius 3 is 2.37 bits per heavy atom. The van der Waals surface area contributed by atoms with Crippen molar-refractivity contribution in [2.75, 3.05) is 25.4 Å². The summed E-state index contributed by atoms with van der Waals surface area (Å²) in [6.07, 6.45) is 2.97. The lowest BCUT2D eigenvalue weighted by atomic mass is 9.87. The largest absolute Gasteiger partial charge is 0.441 e. The third-order valence-electron chi connectivity index (χ3n) is 4.27. The van der Waals surface area contributed by atoms with Crippen molar-refractivity contribution in [1.29, 1.82) is 0 Å². The van der Waals surface area contributed by atoms with Gasteiger partial charge in [0.2, 0.25) is 0 Å². The van der Waals surface area contributed by atoms with E-state index in [0.29, 0.717) is 12.6 Å². The van der Waals surface area contributed by atoms with Crippen molar-refractivity contribution in [3.05, 3.63) is 0 Å². The van der Waals surface area contributed by atoms with Gasteiger partial charge in [0.05, 0.1) is 0 Å². The molecule has 1 heterocycles. The second-order valence-electron chi connectivity index (χ2n) is 5.16. The van der Waals surface area contributed by atoms with E-state index in [0.717, 1.165) is 32.4 Å². The molecule has 2 nitrogen and oxygen atoms in total. The Balaban J connectivity index is 2.61. The first-order valence-electron chi connectivity index (χ1n) is 7.06. The second kappa shape index (κ2) is 7.18. The summed E-state index contributed by atoms with van der Waals surface area (Å²) in [5, 5.41) is 3.53. The molecule has 1 atom stereocenters. The molecule has 19 heavy (non-hydrogen) atoms. The lowest BCUT2D eigenvalue weighted by molar-refractivity contribution is -0.0332. The summed E-state index contributed by atoms with van der Waals surface area (Å²) in [6.45, 7) is 8.63.